The maximum Gasteiger partial charge on any atom is 0.199 e. The molecule has 2 nitrogen and oxygen atoms in total. The topological polar surface area (TPSA) is 30.2 Å². The third-order valence-corrected chi connectivity index (χ3v) is 2.01. The summed E-state index contributed by atoms with van der Waals surface area (Å²) in [7, 11) is 0. The second kappa shape index (κ2) is 3.28. The van der Waals surface area contributed by atoms with Gasteiger partial charge >= 0.3 is 0 Å². The van der Waals surface area contributed by atoms with Crippen LogP contribution in [0.5, 0.6) is 0 Å². The highest BCUT2D eigenvalue weighted by Gasteiger charge is 2.15. The summed E-state index contributed by atoms with van der Waals surface area (Å²) in [6, 6.07) is 0. The van der Waals surface area contributed by atoms with Crippen molar-refractivity contribution in [2.75, 3.05) is 0 Å². The molecule has 11 heavy (non-hydrogen) atoms. The van der Waals surface area contributed by atoms with Crippen LogP contribution >= 0.6 is 23.2 Å². The van der Waals surface area contributed by atoms with Gasteiger partial charge < -0.3 is 4.42 Å². The first-order chi connectivity index (χ1) is 5.16. The van der Waals surface area contributed by atoms with Gasteiger partial charge in [-0.3, -0.25) is 4.79 Å². The number of rotatable bonds is 2. The normalized spacial score (nSPS) is 10.1. The summed E-state index contributed by atoms with van der Waals surface area (Å²) < 4.78 is 4.83. The minimum Gasteiger partial charge on any atom is -0.458 e. The lowest BCUT2D eigenvalue weighted by molar-refractivity contribution is 0.0961. The molecule has 0 atom stereocenters. The minimum absolute atomic E-state index is 0.137. The Hall–Kier alpha value is -0.470. The zero-order valence-electron chi connectivity index (χ0n) is 5.86. The molecule has 0 saturated heterocycles. The van der Waals surface area contributed by atoms with Gasteiger partial charge in [-0.2, -0.15) is 0 Å². The van der Waals surface area contributed by atoms with Crippen LogP contribution in [0.25, 0.3) is 0 Å². The minimum atomic E-state index is -0.137. The van der Waals surface area contributed by atoms with Crippen molar-refractivity contribution in [3.8, 4) is 0 Å². The van der Waals surface area contributed by atoms with Crippen LogP contribution in [0.4, 0.5) is 0 Å². The maximum atomic E-state index is 11.0. The quantitative estimate of drug-likeness (QED) is 0.675. The highest BCUT2D eigenvalue weighted by molar-refractivity contribution is 6.43. The van der Waals surface area contributed by atoms with Crippen molar-refractivity contribution in [3.05, 3.63) is 22.1 Å². The highest BCUT2D eigenvalue weighted by Crippen LogP contribution is 2.28. The largest absolute Gasteiger partial charge is 0.458 e. The molecule has 0 saturated carbocycles. The molecular weight excluding hydrogens is 187 g/mol. The zero-order valence-corrected chi connectivity index (χ0v) is 7.37. The van der Waals surface area contributed by atoms with Crippen LogP contribution in [-0.4, -0.2) is 5.78 Å². The van der Waals surface area contributed by atoms with Gasteiger partial charge in [0.05, 0.1) is 5.02 Å². The number of halogens is 2. The summed E-state index contributed by atoms with van der Waals surface area (Å²) in [4.78, 5) is 11.0. The number of Topliss-reactive ketones (excluding diaryl/α,β-unsaturated/α-hetero) is 1. The number of furan rings is 1. The Morgan fingerprint density at radius 2 is 2.27 bits per heavy atom. The Balaban J connectivity index is 3.04. The van der Waals surface area contributed by atoms with Crippen molar-refractivity contribution in [3.63, 3.8) is 0 Å². The van der Waals surface area contributed by atoms with Gasteiger partial charge in [0.1, 0.15) is 11.3 Å². The maximum absolute atomic E-state index is 11.0. The smallest absolute Gasteiger partial charge is 0.199 e. The molecule has 0 aromatic carbocycles. The molecule has 1 aromatic heterocycles. The van der Waals surface area contributed by atoms with Gasteiger partial charge in [0.2, 0.25) is 0 Å². The van der Waals surface area contributed by atoms with Gasteiger partial charge in [-0.25, -0.2) is 0 Å². The zero-order chi connectivity index (χ0) is 8.43. The van der Waals surface area contributed by atoms with Gasteiger partial charge in [0.25, 0.3) is 0 Å². The first-order valence-electron chi connectivity index (χ1n) is 3.12. The first kappa shape index (κ1) is 8.62. The molecule has 0 bridgehead atoms. The van der Waals surface area contributed by atoms with Crippen LogP contribution in [0.1, 0.15) is 23.9 Å². The molecule has 0 unspecified atom stereocenters. The summed E-state index contributed by atoms with van der Waals surface area (Å²) in [6.45, 7) is 1.73. The predicted octanol–water partition coefficient (Wildman–Crippen LogP) is 3.18. The Labute approximate surface area is 74.1 Å². The summed E-state index contributed by atoms with van der Waals surface area (Å²) in [5.74, 6) is 0.0149. The second-order valence-electron chi connectivity index (χ2n) is 2.00. The molecule has 0 fully saturated rings. The Bertz CT molecular complexity index is 278. The third-order valence-electron chi connectivity index (χ3n) is 1.26. The summed E-state index contributed by atoms with van der Waals surface area (Å²) in [5, 5.41) is 0.488. The number of carbonyl (C=O) groups is 1. The molecule has 1 aromatic rings. The molecule has 0 aliphatic carbocycles. The van der Waals surface area contributed by atoms with E-state index in [-0.39, 0.29) is 21.6 Å². The highest BCUT2D eigenvalue weighted by atomic mass is 35.5. The molecule has 0 aliphatic rings. The average molecular weight is 193 g/mol. The van der Waals surface area contributed by atoms with Gasteiger partial charge in [0.15, 0.2) is 11.5 Å². The van der Waals surface area contributed by atoms with Gasteiger partial charge in [-0.1, -0.05) is 30.1 Å². The molecule has 0 amide bonds. The first-order valence-corrected chi connectivity index (χ1v) is 3.88. The van der Waals surface area contributed by atoms with Gasteiger partial charge in [0, 0.05) is 6.42 Å². The number of hydrogen-bond acceptors (Lipinski definition) is 2. The molecular formula is C7H6Cl2O2. The molecule has 60 valence electrons. The second-order valence-corrected chi connectivity index (χ2v) is 2.79. The van der Waals surface area contributed by atoms with Gasteiger partial charge in [-0.15, -0.1) is 0 Å². The van der Waals surface area contributed by atoms with Crippen molar-refractivity contribution in [1.29, 1.82) is 0 Å². The fourth-order valence-corrected chi connectivity index (χ4v) is 0.996. The lowest BCUT2D eigenvalue weighted by atomic mass is 10.2. The molecule has 4 heteroatoms. The lowest BCUT2D eigenvalue weighted by Gasteiger charge is -1.90. The van der Waals surface area contributed by atoms with Crippen LogP contribution < -0.4 is 0 Å². The molecule has 0 radical (unpaired) electrons. The van der Waals surface area contributed by atoms with Crippen LogP contribution in [-0.2, 0) is 0 Å². The summed E-state index contributed by atoms with van der Waals surface area (Å²) in [5.41, 5.74) is 0. The van der Waals surface area contributed by atoms with Crippen molar-refractivity contribution in [1.82, 2.24) is 0 Å². The van der Waals surface area contributed by atoms with E-state index in [0.717, 1.165) is 0 Å². The molecule has 0 spiro atoms. The standard InChI is InChI=1S/C7H6Cl2O2/c1-2-5(10)7-6(9)4(8)3-11-7/h3H,2H2,1H3. The summed E-state index contributed by atoms with van der Waals surface area (Å²) >= 11 is 11.2. The van der Waals surface area contributed by atoms with Gasteiger partial charge in [-0.05, 0) is 0 Å². The van der Waals surface area contributed by atoms with E-state index in [2.05, 4.69) is 0 Å². The Kier molecular flexibility index (Phi) is 2.58. The monoisotopic (exact) mass is 192 g/mol. The van der Waals surface area contributed by atoms with Crippen LogP contribution in [0, 0.1) is 0 Å². The van der Waals surface area contributed by atoms with E-state index < -0.39 is 0 Å². The van der Waals surface area contributed by atoms with E-state index >= 15 is 0 Å². The number of ketones is 1. The lowest BCUT2D eigenvalue weighted by Crippen LogP contribution is -1.93. The van der Waals surface area contributed by atoms with E-state index in [0.29, 0.717) is 6.42 Å². The molecule has 0 N–H and O–H groups in total. The van der Waals surface area contributed by atoms with Crippen molar-refractivity contribution >= 4 is 29.0 Å². The van der Waals surface area contributed by atoms with E-state index in [9.17, 15) is 4.79 Å². The van der Waals surface area contributed by atoms with E-state index in [1.165, 1.54) is 6.26 Å². The van der Waals surface area contributed by atoms with Crippen molar-refractivity contribution in [2.45, 2.75) is 13.3 Å². The van der Waals surface area contributed by atoms with Crippen molar-refractivity contribution in [2.24, 2.45) is 0 Å². The SMILES string of the molecule is CCC(=O)c1occ(Cl)c1Cl. The average Bonchev–Trinajstić information content (AvgIpc) is 2.32. The van der Waals surface area contributed by atoms with Crippen LogP contribution in [0.3, 0.4) is 0 Å². The summed E-state index contributed by atoms with van der Waals surface area (Å²) in [6.07, 6.45) is 1.62. The fraction of sp³-hybridized carbons (Fsp3) is 0.286. The van der Waals surface area contributed by atoms with E-state index in [1.54, 1.807) is 6.92 Å². The van der Waals surface area contributed by atoms with Crippen LogP contribution in [0.2, 0.25) is 10.0 Å². The van der Waals surface area contributed by atoms with Crippen LogP contribution in [0.15, 0.2) is 10.7 Å². The fourth-order valence-electron chi connectivity index (χ4n) is 0.671. The van der Waals surface area contributed by atoms with E-state index in [1.807, 2.05) is 0 Å². The predicted molar refractivity (Wildman–Crippen MR) is 43.3 cm³/mol. The Morgan fingerprint density at radius 3 is 2.64 bits per heavy atom. The Morgan fingerprint density at radius 1 is 1.64 bits per heavy atom. The number of carbonyl (C=O) groups excluding carboxylic acids is 1. The molecule has 1 heterocycles. The van der Waals surface area contributed by atoms with E-state index in [4.69, 9.17) is 27.6 Å². The molecule has 0 aliphatic heterocycles. The van der Waals surface area contributed by atoms with Crippen molar-refractivity contribution < 1.29 is 9.21 Å². The third kappa shape index (κ3) is 1.57. The molecule has 1 rings (SSSR count). The number of hydrogen-bond donors (Lipinski definition) is 0.